The Balaban J connectivity index is 1.59. The Bertz CT molecular complexity index is 809. The summed E-state index contributed by atoms with van der Waals surface area (Å²) in [6.45, 7) is -1.30. The van der Waals surface area contributed by atoms with Crippen molar-refractivity contribution in [1.82, 2.24) is 9.78 Å². The molecule has 1 saturated heterocycles. The lowest BCUT2D eigenvalue weighted by Crippen LogP contribution is -2.21. The molecule has 1 unspecified atom stereocenters. The maximum absolute atomic E-state index is 13.8. The maximum atomic E-state index is 13.8. The molecule has 2 N–H and O–H groups in total. The van der Waals surface area contributed by atoms with Gasteiger partial charge in [0.1, 0.15) is 0 Å². The van der Waals surface area contributed by atoms with Gasteiger partial charge in [-0.05, 0) is 6.42 Å². The van der Waals surface area contributed by atoms with E-state index in [4.69, 9.17) is 4.74 Å². The van der Waals surface area contributed by atoms with Gasteiger partial charge in [-0.25, -0.2) is 13.6 Å². The standard InChI is InChI=1S/C16H16F4N4O3/c17-10-6-13(27-15(19)20)11(18)5-12(10)21-16(25)22-14-1-3-24(23-14)7-9-2-4-26-8-9/h1,3,5-6,9,15H,2,4,7-8H2,(H2,21,22,23,25). The summed E-state index contributed by atoms with van der Waals surface area (Å²) in [6, 6.07) is 1.65. The Morgan fingerprint density at radius 2 is 2.15 bits per heavy atom. The van der Waals surface area contributed by atoms with Crippen molar-refractivity contribution in [1.29, 1.82) is 0 Å². The minimum absolute atomic E-state index is 0.213. The van der Waals surface area contributed by atoms with Crippen LogP contribution in [0.1, 0.15) is 6.42 Å². The largest absolute Gasteiger partial charge is 0.432 e. The first-order valence-corrected chi connectivity index (χ1v) is 8.04. The zero-order valence-electron chi connectivity index (χ0n) is 13.9. The van der Waals surface area contributed by atoms with Crippen LogP contribution in [0, 0.1) is 17.6 Å². The van der Waals surface area contributed by atoms with Gasteiger partial charge in [0.05, 0.1) is 12.3 Å². The summed E-state index contributed by atoms with van der Waals surface area (Å²) in [4.78, 5) is 11.9. The molecule has 0 saturated carbocycles. The monoisotopic (exact) mass is 388 g/mol. The van der Waals surface area contributed by atoms with Crippen molar-refractivity contribution in [2.24, 2.45) is 5.92 Å². The van der Waals surface area contributed by atoms with E-state index in [0.29, 0.717) is 37.8 Å². The van der Waals surface area contributed by atoms with Crippen LogP contribution in [0.25, 0.3) is 0 Å². The van der Waals surface area contributed by atoms with Gasteiger partial charge in [0.2, 0.25) is 0 Å². The number of rotatable bonds is 6. The van der Waals surface area contributed by atoms with E-state index in [2.05, 4.69) is 20.5 Å². The van der Waals surface area contributed by atoms with Crippen molar-refractivity contribution in [3.63, 3.8) is 0 Å². The molecule has 146 valence electrons. The number of carbonyl (C=O) groups excluding carboxylic acids is 1. The molecule has 0 spiro atoms. The number of urea groups is 1. The highest BCUT2D eigenvalue weighted by atomic mass is 19.3. The molecular formula is C16H16F4N4O3. The lowest BCUT2D eigenvalue weighted by atomic mass is 10.1. The van der Waals surface area contributed by atoms with Crippen molar-refractivity contribution in [3.8, 4) is 5.75 Å². The molecular weight excluding hydrogens is 372 g/mol. The van der Waals surface area contributed by atoms with Gasteiger partial charge in [-0.2, -0.15) is 13.9 Å². The summed E-state index contributed by atoms with van der Waals surface area (Å²) in [5.74, 6) is -2.77. The third kappa shape index (κ3) is 5.09. The van der Waals surface area contributed by atoms with Gasteiger partial charge in [0, 0.05) is 43.5 Å². The maximum Gasteiger partial charge on any atom is 0.387 e. The molecule has 1 aromatic heterocycles. The van der Waals surface area contributed by atoms with E-state index in [9.17, 15) is 22.4 Å². The Labute approximate surface area is 151 Å². The van der Waals surface area contributed by atoms with Crippen LogP contribution in [0.5, 0.6) is 5.75 Å². The Morgan fingerprint density at radius 3 is 2.85 bits per heavy atom. The van der Waals surface area contributed by atoms with Crippen LogP contribution < -0.4 is 15.4 Å². The summed E-state index contributed by atoms with van der Waals surface area (Å²) >= 11 is 0. The van der Waals surface area contributed by atoms with Crippen molar-refractivity contribution >= 4 is 17.5 Å². The number of benzene rings is 1. The van der Waals surface area contributed by atoms with Gasteiger partial charge in [0.25, 0.3) is 0 Å². The molecule has 1 aliphatic heterocycles. The number of nitrogens with zero attached hydrogens (tertiary/aromatic N) is 2. The Morgan fingerprint density at radius 1 is 1.33 bits per heavy atom. The lowest BCUT2D eigenvalue weighted by molar-refractivity contribution is -0.0523. The van der Waals surface area contributed by atoms with Crippen LogP contribution in [0.4, 0.5) is 33.9 Å². The first-order chi connectivity index (χ1) is 12.9. The average molecular weight is 388 g/mol. The van der Waals surface area contributed by atoms with Gasteiger partial charge in [-0.3, -0.25) is 10.00 Å². The minimum Gasteiger partial charge on any atom is -0.432 e. The van der Waals surface area contributed by atoms with Crippen LogP contribution in [0.3, 0.4) is 0 Å². The fourth-order valence-electron chi connectivity index (χ4n) is 2.60. The van der Waals surface area contributed by atoms with Crippen molar-refractivity contribution in [2.45, 2.75) is 19.6 Å². The normalized spacial score (nSPS) is 16.6. The van der Waals surface area contributed by atoms with Crippen molar-refractivity contribution < 1.29 is 31.8 Å². The molecule has 0 aliphatic carbocycles. The second-order valence-electron chi connectivity index (χ2n) is 5.87. The molecule has 0 radical (unpaired) electrons. The highest BCUT2D eigenvalue weighted by molar-refractivity contribution is 5.99. The van der Waals surface area contributed by atoms with Gasteiger partial charge in [-0.1, -0.05) is 0 Å². The zero-order valence-corrected chi connectivity index (χ0v) is 13.9. The number of amides is 2. The minimum atomic E-state index is -3.30. The smallest absolute Gasteiger partial charge is 0.387 e. The van der Waals surface area contributed by atoms with E-state index in [1.165, 1.54) is 0 Å². The zero-order chi connectivity index (χ0) is 19.4. The van der Waals surface area contributed by atoms with Crippen LogP contribution in [0.15, 0.2) is 24.4 Å². The SMILES string of the molecule is O=C(Nc1ccn(CC2CCOC2)n1)Nc1cc(F)c(OC(F)F)cc1F. The average Bonchev–Trinajstić information content (AvgIpc) is 3.24. The number of anilines is 2. The molecule has 0 bridgehead atoms. The molecule has 2 amide bonds. The van der Waals surface area contributed by atoms with Crippen LogP contribution in [-0.4, -0.2) is 35.6 Å². The molecule has 1 fully saturated rings. The molecule has 27 heavy (non-hydrogen) atoms. The number of aromatic nitrogens is 2. The first kappa shape index (κ1) is 19.0. The second kappa shape index (κ2) is 8.25. The molecule has 11 heteroatoms. The predicted octanol–water partition coefficient (Wildman–Crippen LogP) is 3.44. The lowest BCUT2D eigenvalue weighted by Gasteiger charge is -2.10. The van der Waals surface area contributed by atoms with Crippen molar-refractivity contribution in [2.75, 3.05) is 23.8 Å². The number of carbonyl (C=O) groups is 1. The van der Waals surface area contributed by atoms with E-state index in [-0.39, 0.29) is 5.82 Å². The summed E-state index contributed by atoms with van der Waals surface area (Å²) in [5, 5.41) is 8.62. The predicted molar refractivity (Wildman–Crippen MR) is 86.8 cm³/mol. The Hall–Kier alpha value is -2.82. The molecule has 2 aromatic rings. The van der Waals surface area contributed by atoms with Gasteiger partial charge < -0.3 is 14.8 Å². The fourth-order valence-corrected chi connectivity index (χ4v) is 2.60. The molecule has 7 nitrogen and oxygen atoms in total. The van der Waals surface area contributed by atoms with E-state index < -0.39 is 35.7 Å². The van der Waals surface area contributed by atoms with E-state index in [1.807, 2.05) is 0 Å². The summed E-state index contributed by atoms with van der Waals surface area (Å²) in [6.07, 6.45) is 2.60. The summed E-state index contributed by atoms with van der Waals surface area (Å²) in [7, 11) is 0. The van der Waals surface area contributed by atoms with E-state index in [0.717, 1.165) is 6.42 Å². The van der Waals surface area contributed by atoms with Gasteiger partial charge in [-0.15, -0.1) is 0 Å². The van der Waals surface area contributed by atoms with Crippen molar-refractivity contribution in [3.05, 3.63) is 36.0 Å². The number of ether oxygens (including phenoxy) is 2. The van der Waals surface area contributed by atoms with Gasteiger partial charge >= 0.3 is 12.6 Å². The highest BCUT2D eigenvalue weighted by Crippen LogP contribution is 2.26. The molecule has 2 heterocycles. The number of nitrogens with one attached hydrogen (secondary N) is 2. The topological polar surface area (TPSA) is 77.4 Å². The number of hydrogen-bond donors (Lipinski definition) is 2. The molecule has 1 atom stereocenters. The third-order valence-corrected chi connectivity index (χ3v) is 3.84. The summed E-state index contributed by atoms with van der Waals surface area (Å²) < 4.78 is 62.5. The molecule has 1 aromatic carbocycles. The first-order valence-electron chi connectivity index (χ1n) is 8.04. The van der Waals surface area contributed by atoms with Crippen LogP contribution in [0.2, 0.25) is 0 Å². The number of halogens is 4. The second-order valence-corrected chi connectivity index (χ2v) is 5.87. The van der Waals surface area contributed by atoms with E-state index in [1.54, 1.807) is 16.9 Å². The number of hydrogen-bond acceptors (Lipinski definition) is 4. The fraction of sp³-hybridized carbons (Fsp3) is 0.375. The molecule has 1 aliphatic rings. The number of alkyl halides is 2. The molecule has 3 rings (SSSR count). The third-order valence-electron chi connectivity index (χ3n) is 3.84. The van der Waals surface area contributed by atoms with Gasteiger partial charge in [0.15, 0.2) is 23.2 Å². The summed E-state index contributed by atoms with van der Waals surface area (Å²) in [5.41, 5.74) is -0.533. The van der Waals surface area contributed by atoms with Crippen LogP contribution >= 0.6 is 0 Å². The quantitative estimate of drug-likeness (QED) is 0.744. The highest BCUT2D eigenvalue weighted by Gasteiger charge is 2.18. The van der Waals surface area contributed by atoms with Crippen LogP contribution in [-0.2, 0) is 11.3 Å². The van der Waals surface area contributed by atoms with E-state index >= 15 is 0 Å². The Kier molecular flexibility index (Phi) is 5.79.